The van der Waals surface area contributed by atoms with Crippen LogP contribution < -0.4 is 38.7 Å². The molecule has 0 fully saturated rings. The molecule has 0 saturated carbocycles. The second-order valence-corrected chi connectivity index (χ2v) is 14.4. The number of amides is 2. The van der Waals surface area contributed by atoms with Crippen molar-refractivity contribution in [3.8, 4) is 0 Å². The number of nitrogen functional groups attached to an aromatic ring is 1. The molecular formula is C41H65F2N11O6. The molecule has 17 nitrogen and oxygen atoms in total. The third-order valence-electron chi connectivity index (χ3n) is 7.97. The molecule has 60 heavy (non-hydrogen) atoms. The van der Waals surface area contributed by atoms with Crippen molar-refractivity contribution in [1.82, 2.24) is 49.9 Å². The van der Waals surface area contributed by atoms with Crippen LogP contribution in [-0.4, -0.2) is 63.2 Å². The highest BCUT2D eigenvalue weighted by Gasteiger charge is 2.22. The van der Waals surface area contributed by atoms with Crippen molar-refractivity contribution in [3.05, 3.63) is 132 Å². The number of nitrogens with one attached hydrogen (secondary N) is 5. The average molecular weight is 846 g/mol. The second kappa shape index (κ2) is 25.2. The number of carbonyl (C=O) groups excluding carboxylic acids is 2. The van der Waals surface area contributed by atoms with Gasteiger partial charge in [0.1, 0.15) is 17.3 Å². The van der Waals surface area contributed by atoms with E-state index in [1.54, 1.807) is 11.8 Å². The third-order valence-corrected chi connectivity index (χ3v) is 7.97. The van der Waals surface area contributed by atoms with Gasteiger partial charge in [-0.3, -0.25) is 33.9 Å². The molecule has 5 rings (SSSR count). The van der Waals surface area contributed by atoms with E-state index in [4.69, 9.17) is 5.73 Å². The lowest BCUT2D eigenvalue weighted by molar-refractivity contribution is -0.119. The molecule has 334 valence electrons. The summed E-state index contributed by atoms with van der Waals surface area (Å²) in [7, 11) is 0. The van der Waals surface area contributed by atoms with Gasteiger partial charge in [-0.25, -0.2) is 14.8 Å². The Balaban J connectivity index is 0. The standard InChI is InChI=1S/C9H14N2O.2C8H11FN2O.C7H11N3O.C7H10N2O2.2CH4/c1-6(2)11-5-7(3)9(12)10-8(11)4;1-5(2)11-4-7(9)8(12)10-6(11)3;1-5(2)11-4-7(9)10-6(3)8(11)12;1-4(2)5-3-9-7(8)10-6(5)11;1-4(2)5-3-8-7(11)9-6(5)10;;/h5-6H,4H2,1-3H3,(H,10,12);4-5H,3H2,1-2H3,(H,10,12);4-5H,1-3H3;3-4H,1-2H3,(H3,8,9,10,11);3-4H,1-2H3,(H2,8,9,10,11);2*1H4. The van der Waals surface area contributed by atoms with Gasteiger partial charge in [0.15, 0.2) is 5.95 Å². The van der Waals surface area contributed by atoms with Gasteiger partial charge in [-0.2, -0.15) is 8.78 Å². The lowest BCUT2D eigenvalue weighted by Gasteiger charge is -2.31. The molecule has 0 saturated heterocycles. The van der Waals surface area contributed by atoms with Gasteiger partial charge in [0, 0.05) is 59.6 Å². The highest BCUT2D eigenvalue weighted by molar-refractivity contribution is 5.94. The number of nitrogens with zero attached hydrogens (tertiary/aromatic N) is 5. The largest absolute Gasteiger partial charge is 0.369 e. The first-order valence-corrected chi connectivity index (χ1v) is 18.3. The number of halogens is 2. The fraction of sp³-hybridized carbons (Fsp3) is 0.463. The van der Waals surface area contributed by atoms with Crippen LogP contribution in [0.15, 0.2) is 86.4 Å². The molecule has 5 heterocycles. The Hall–Kier alpha value is -6.40. The zero-order valence-corrected chi connectivity index (χ0v) is 35.2. The van der Waals surface area contributed by atoms with Crippen LogP contribution in [0.2, 0.25) is 0 Å². The molecule has 0 aromatic carbocycles. The molecule has 19 heteroatoms. The third kappa shape index (κ3) is 17.2. The van der Waals surface area contributed by atoms with E-state index in [1.165, 1.54) is 23.9 Å². The molecule has 2 aliphatic heterocycles. The fourth-order valence-electron chi connectivity index (χ4n) is 4.73. The van der Waals surface area contributed by atoms with Gasteiger partial charge in [0.25, 0.3) is 28.5 Å². The molecule has 0 atom stereocenters. The van der Waals surface area contributed by atoms with E-state index in [0.29, 0.717) is 28.8 Å². The number of aromatic amines is 3. The maximum Gasteiger partial charge on any atom is 0.325 e. The van der Waals surface area contributed by atoms with E-state index in [-0.39, 0.29) is 73.0 Å². The summed E-state index contributed by atoms with van der Waals surface area (Å²) in [4.78, 5) is 83.5. The molecule has 0 bridgehead atoms. The number of anilines is 1. The van der Waals surface area contributed by atoms with Crippen LogP contribution in [0, 0.1) is 12.9 Å². The van der Waals surface area contributed by atoms with E-state index in [1.807, 2.05) is 80.3 Å². The summed E-state index contributed by atoms with van der Waals surface area (Å²) in [5.74, 6) is -0.621. The van der Waals surface area contributed by atoms with E-state index in [9.17, 15) is 37.5 Å². The first kappa shape index (κ1) is 55.7. The minimum Gasteiger partial charge on any atom is -0.369 e. The normalized spacial score (nSPS) is 13.2. The van der Waals surface area contributed by atoms with Crippen LogP contribution in [0.3, 0.4) is 0 Å². The first-order chi connectivity index (χ1) is 26.8. The van der Waals surface area contributed by atoms with Crippen molar-refractivity contribution in [1.29, 1.82) is 0 Å². The lowest BCUT2D eigenvalue weighted by atomic mass is 10.1. The molecule has 3 aromatic rings. The van der Waals surface area contributed by atoms with Crippen molar-refractivity contribution in [2.45, 2.75) is 128 Å². The van der Waals surface area contributed by atoms with Gasteiger partial charge in [-0.15, -0.1) is 0 Å². The first-order valence-electron chi connectivity index (χ1n) is 18.3. The van der Waals surface area contributed by atoms with Crippen LogP contribution in [0.25, 0.3) is 0 Å². The van der Waals surface area contributed by atoms with Gasteiger partial charge in [0.05, 0.1) is 6.20 Å². The minimum absolute atomic E-state index is 0. The lowest BCUT2D eigenvalue weighted by Crippen LogP contribution is -2.40. The minimum atomic E-state index is -0.781. The van der Waals surface area contributed by atoms with Gasteiger partial charge in [0.2, 0.25) is 11.8 Å². The number of aromatic nitrogens is 6. The quantitative estimate of drug-likeness (QED) is 0.187. The SMILES string of the molecule is C.C.C=C1NC(=O)C(C)=CN1C(C)C.C=C1NC(=O)C(F)=CN1C(C)C.CC(C)c1c[nH]c(=O)[nH]c1=O.CC(C)c1cnc(N)[nH]c1=O.Cc1nc(F)cn(C(C)C)c1=O. The van der Waals surface area contributed by atoms with Crippen molar-refractivity contribution in [2.24, 2.45) is 0 Å². The van der Waals surface area contributed by atoms with Crippen LogP contribution in [0.4, 0.5) is 14.7 Å². The highest BCUT2D eigenvalue weighted by Crippen LogP contribution is 2.15. The molecule has 3 aromatic heterocycles. The Morgan fingerprint density at radius 1 is 0.700 bits per heavy atom. The van der Waals surface area contributed by atoms with Crippen LogP contribution in [-0.2, 0) is 9.59 Å². The van der Waals surface area contributed by atoms with Crippen LogP contribution in [0.1, 0.15) is 126 Å². The number of nitrogens with two attached hydrogens (primary N) is 1. The Morgan fingerprint density at radius 3 is 1.63 bits per heavy atom. The van der Waals surface area contributed by atoms with Crippen molar-refractivity contribution in [3.63, 3.8) is 0 Å². The summed E-state index contributed by atoms with van der Waals surface area (Å²) >= 11 is 0. The van der Waals surface area contributed by atoms with E-state index in [0.717, 1.165) is 18.0 Å². The van der Waals surface area contributed by atoms with Gasteiger partial charge in [-0.1, -0.05) is 55.7 Å². The molecule has 7 N–H and O–H groups in total. The Morgan fingerprint density at radius 2 is 1.18 bits per heavy atom. The highest BCUT2D eigenvalue weighted by atomic mass is 19.1. The summed E-state index contributed by atoms with van der Waals surface area (Å²) < 4.78 is 26.8. The number of rotatable bonds is 5. The van der Waals surface area contributed by atoms with Crippen LogP contribution >= 0.6 is 0 Å². The van der Waals surface area contributed by atoms with Crippen molar-refractivity contribution < 1.29 is 18.4 Å². The number of carbonyl (C=O) groups is 2. The molecule has 0 aliphatic carbocycles. The zero-order chi connectivity index (χ0) is 44.8. The molecule has 2 aliphatic rings. The summed E-state index contributed by atoms with van der Waals surface area (Å²) in [6.45, 7) is 29.8. The molecule has 0 spiro atoms. The second-order valence-electron chi connectivity index (χ2n) is 14.4. The predicted octanol–water partition coefficient (Wildman–Crippen LogP) is 5.52. The number of aryl methyl sites for hydroxylation is 1. The topological polar surface area (TPSA) is 237 Å². The predicted molar refractivity (Wildman–Crippen MR) is 234 cm³/mol. The summed E-state index contributed by atoms with van der Waals surface area (Å²) in [5, 5.41) is 4.99. The smallest absolute Gasteiger partial charge is 0.325 e. The Bertz CT molecular complexity index is 2180. The maximum absolute atomic E-state index is 12.7. The van der Waals surface area contributed by atoms with Crippen LogP contribution in [0.5, 0.6) is 0 Å². The fourth-order valence-corrected chi connectivity index (χ4v) is 4.73. The summed E-state index contributed by atoms with van der Waals surface area (Å²) in [6.07, 6.45) is 7.07. The van der Waals surface area contributed by atoms with Gasteiger partial charge >= 0.3 is 5.69 Å². The number of H-pyrrole nitrogens is 3. The molecule has 0 radical (unpaired) electrons. The monoisotopic (exact) mass is 846 g/mol. The van der Waals surface area contributed by atoms with Gasteiger partial charge < -0.3 is 35.7 Å². The maximum atomic E-state index is 12.7. The van der Waals surface area contributed by atoms with Gasteiger partial charge in [-0.05, 0) is 67.2 Å². The Kier molecular flexibility index (Phi) is 23.4. The number of hydrogen-bond donors (Lipinski definition) is 6. The Labute approximate surface area is 350 Å². The summed E-state index contributed by atoms with van der Waals surface area (Å²) in [6, 6.07) is 0.380. The van der Waals surface area contributed by atoms with E-state index in [2.05, 4.69) is 48.7 Å². The van der Waals surface area contributed by atoms with Crippen molar-refractivity contribution in [2.75, 3.05) is 5.73 Å². The molecule has 2 amide bonds. The zero-order valence-electron chi connectivity index (χ0n) is 35.2. The molecular weight excluding hydrogens is 781 g/mol. The van der Waals surface area contributed by atoms with Crippen molar-refractivity contribution >= 4 is 17.8 Å². The van der Waals surface area contributed by atoms with E-state index >= 15 is 0 Å². The number of hydrogen-bond acceptors (Lipinski definition) is 11. The van der Waals surface area contributed by atoms with E-state index < -0.39 is 23.4 Å². The summed E-state index contributed by atoms with van der Waals surface area (Å²) in [5.41, 5.74) is 6.31. The molecule has 0 unspecified atom stereocenters. The average Bonchev–Trinajstić information content (AvgIpc) is 3.10.